The van der Waals surface area contributed by atoms with Crippen LogP contribution in [0.2, 0.25) is 0 Å². The average molecular weight is 552 g/mol. The number of nitrogens with one attached hydrogen (secondary N) is 3. The fourth-order valence-electron chi connectivity index (χ4n) is 3.62. The molecule has 0 saturated carbocycles. The number of carbonyl (C=O) groups excluding carboxylic acids is 3. The van der Waals surface area contributed by atoms with Crippen molar-refractivity contribution in [3.63, 3.8) is 0 Å². The lowest BCUT2D eigenvalue weighted by Crippen LogP contribution is -2.60. The van der Waals surface area contributed by atoms with Crippen LogP contribution in [0.1, 0.15) is 45.6 Å². The monoisotopic (exact) mass is 551 g/mol. The zero-order valence-electron chi connectivity index (χ0n) is 22.5. The maximum Gasteiger partial charge on any atom is 0.326 e. The molecule has 0 radical (unpaired) electrons. The highest BCUT2D eigenvalue weighted by molar-refractivity contribution is 5.94. The van der Waals surface area contributed by atoms with Crippen molar-refractivity contribution in [2.45, 2.75) is 76.7 Å². The van der Waals surface area contributed by atoms with Crippen LogP contribution in [-0.2, 0) is 25.6 Å². The van der Waals surface area contributed by atoms with Gasteiger partial charge in [-0.3, -0.25) is 19.4 Å². The first-order chi connectivity index (χ1) is 18.3. The first-order valence-corrected chi connectivity index (χ1v) is 12.7. The number of rotatable bonds is 16. The molecule has 3 amide bonds. The second-order valence-corrected chi connectivity index (χ2v) is 9.42. The van der Waals surface area contributed by atoms with Gasteiger partial charge in [0.25, 0.3) is 0 Å². The van der Waals surface area contributed by atoms with Crippen LogP contribution in [0.4, 0.5) is 0 Å². The van der Waals surface area contributed by atoms with E-state index in [1.165, 1.54) is 19.1 Å². The Balaban J connectivity index is 3.00. The number of phenols is 1. The number of carboxylic acid groups (broad SMARTS) is 1. The number of hydrogen-bond acceptors (Lipinski definition) is 8. The molecule has 6 atom stereocenters. The van der Waals surface area contributed by atoms with Crippen molar-refractivity contribution in [2.75, 3.05) is 6.54 Å². The van der Waals surface area contributed by atoms with E-state index in [-0.39, 0.29) is 43.4 Å². The Morgan fingerprint density at radius 2 is 1.54 bits per heavy atom. The Bertz CT molecular complexity index is 997. The number of nitrogens with two attached hydrogens (primary N) is 3. The number of carbonyl (C=O) groups is 4. The molecule has 39 heavy (non-hydrogen) atoms. The van der Waals surface area contributed by atoms with Crippen LogP contribution in [0, 0.1) is 5.92 Å². The summed E-state index contributed by atoms with van der Waals surface area (Å²) in [6.07, 6.45) is -0.462. The topological polar surface area (TPSA) is 255 Å². The molecule has 14 nitrogen and oxygen atoms in total. The Morgan fingerprint density at radius 1 is 0.949 bits per heavy atom. The highest BCUT2D eigenvalue weighted by Gasteiger charge is 2.33. The number of benzene rings is 1. The minimum atomic E-state index is -1.46. The normalized spacial score (nSPS) is 15.5. The third kappa shape index (κ3) is 11.6. The van der Waals surface area contributed by atoms with Gasteiger partial charge in [0.15, 0.2) is 5.96 Å². The summed E-state index contributed by atoms with van der Waals surface area (Å²) in [5.41, 5.74) is 17.3. The number of phenolic OH excluding ortho intramolecular Hbond substituents is 1. The highest BCUT2D eigenvalue weighted by atomic mass is 16.4. The number of aliphatic hydroxyl groups is 1. The number of guanidine groups is 1. The molecule has 218 valence electrons. The lowest BCUT2D eigenvalue weighted by Gasteiger charge is -2.27. The molecule has 0 heterocycles. The fourth-order valence-corrected chi connectivity index (χ4v) is 3.62. The molecule has 1 rings (SSSR count). The number of aliphatic carboxylic acids is 1. The van der Waals surface area contributed by atoms with E-state index < -0.39 is 54.0 Å². The van der Waals surface area contributed by atoms with Crippen molar-refractivity contribution >= 4 is 29.7 Å². The van der Waals surface area contributed by atoms with E-state index in [2.05, 4.69) is 20.9 Å². The van der Waals surface area contributed by atoms with E-state index in [0.29, 0.717) is 12.0 Å². The van der Waals surface area contributed by atoms with Gasteiger partial charge < -0.3 is 48.5 Å². The van der Waals surface area contributed by atoms with Crippen molar-refractivity contribution in [3.8, 4) is 5.75 Å². The van der Waals surface area contributed by atoms with Gasteiger partial charge in [0.1, 0.15) is 23.9 Å². The van der Waals surface area contributed by atoms with Crippen LogP contribution in [0.25, 0.3) is 0 Å². The first-order valence-electron chi connectivity index (χ1n) is 12.7. The first kappa shape index (κ1) is 33.1. The van der Waals surface area contributed by atoms with Crippen LogP contribution >= 0.6 is 0 Å². The number of aliphatic imine (C=N–C) groups is 1. The average Bonchev–Trinajstić information content (AvgIpc) is 2.87. The number of carboxylic acids is 1. The standard InChI is InChI=1S/C25H41N7O7/c1-4-13(2)19(24(38)39)31-22(36)18(6-5-11-29-25(27)28)30-23(37)20(14(3)33)32-21(35)17(26)12-15-7-9-16(34)10-8-15/h7-10,13-14,17-20,33-34H,4-6,11-12,26H2,1-3H3,(H,30,37)(H,31,36)(H,32,35)(H,38,39)(H4,27,28,29). The summed E-state index contributed by atoms with van der Waals surface area (Å²) in [4.78, 5) is 54.3. The summed E-state index contributed by atoms with van der Waals surface area (Å²) < 4.78 is 0. The summed E-state index contributed by atoms with van der Waals surface area (Å²) in [5.74, 6) is -4.04. The van der Waals surface area contributed by atoms with Gasteiger partial charge in [0.05, 0.1) is 12.1 Å². The van der Waals surface area contributed by atoms with Crippen molar-refractivity contribution in [1.29, 1.82) is 0 Å². The predicted octanol–water partition coefficient (Wildman–Crippen LogP) is -1.72. The van der Waals surface area contributed by atoms with E-state index in [9.17, 15) is 34.5 Å². The molecular weight excluding hydrogens is 510 g/mol. The number of aromatic hydroxyl groups is 1. The van der Waals surface area contributed by atoms with E-state index in [0.717, 1.165) is 0 Å². The number of nitrogens with zero attached hydrogens (tertiary/aromatic N) is 1. The van der Waals surface area contributed by atoms with Gasteiger partial charge >= 0.3 is 5.97 Å². The Morgan fingerprint density at radius 3 is 2.05 bits per heavy atom. The molecule has 0 saturated heterocycles. The van der Waals surface area contributed by atoms with Crippen molar-refractivity contribution in [2.24, 2.45) is 28.1 Å². The quantitative estimate of drug-likeness (QED) is 0.0638. The molecule has 6 unspecified atom stereocenters. The Hall–Kier alpha value is -3.91. The summed E-state index contributed by atoms with van der Waals surface area (Å²) in [7, 11) is 0. The van der Waals surface area contributed by atoms with Gasteiger partial charge in [-0.1, -0.05) is 32.4 Å². The van der Waals surface area contributed by atoms with E-state index in [4.69, 9.17) is 17.2 Å². The molecular formula is C25H41N7O7. The Labute approximate surface area is 227 Å². The maximum atomic E-state index is 13.1. The fraction of sp³-hybridized carbons (Fsp3) is 0.560. The van der Waals surface area contributed by atoms with Crippen LogP contribution in [-0.4, -0.2) is 81.8 Å². The lowest BCUT2D eigenvalue weighted by molar-refractivity contribution is -0.144. The number of hydrogen-bond donors (Lipinski definition) is 9. The summed E-state index contributed by atoms with van der Waals surface area (Å²) in [6.45, 7) is 4.89. The van der Waals surface area contributed by atoms with E-state index in [1.807, 2.05) is 0 Å². The van der Waals surface area contributed by atoms with Gasteiger partial charge in [-0.25, -0.2) is 4.79 Å². The predicted molar refractivity (Wildman–Crippen MR) is 144 cm³/mol. The molecule has 1 aromatic rings. The van der Waals surface area contributed by atoms with Gasteiger partial charge in [-0.2, -0.15) is 0 Å². The zero-order valence-corrected chi connectivity index (χ0v) is 22.5. The van der Waals surface area contributed by atoms with Crippen LogP contribution in [0.3, 0.4) is 0 Å². The summed E-state index contributed by atoms with van der Waals surface area (Å²) in [5, 5.41) is 36.5. The molecule has 12 N–H and O–H groups in total. The molecule has 0 aliphatic carbocycles. The van der Waals surface area contributed by atoms with Crippen LogP contribution < -0.4 is 33.2 Å². The highest BCUT2D eigenvalue weighted by Crippen LogP contribution is 2.12. The van der Waals surface area contributed by atoms with E-state index >= 15 is 0 Å². The van der Waals surface area contributed by atoms with E-state index in [1.54, 1.807) is 26.0 Å². The summed E-state index contributed by atoms with van der Waals surface area (Å²) >= 11 is 0. The van der Waals surface area contributed by atoms with Crippen LogP contribution in [0.15, 0.2) is 29.3 Å². The second kappa shape index (κ2) is 16.1. The molecule has 0 bridgehead atoms. The third-order valence-corrected chi connectivity index (χ3v) is 6.15. The molecule has 14 heteroatoms. The Kier molecular flexibility index (Phi) is 13.7. The number of amides is 3. The van der Waals surface area contributed by atoms with Crippen molar-refractivity contribution in [3.05, 3.63) is 29.8 Å². The van der Waals surface area contributed by atoms with Gasteiger partial charge in [0.2, 0.25) is 17.7 Å². The van der Waals surface area contributed by atoms with Crippen molar-refractivity contribution < 1.29 is 34.5 Å². The minimum absolute atomic E-state index is 0.0437. The van der Waals surface area contributed by atoms with Gasteiger partial charge in [0, 0.05) is 6.54 Å². The third-order valence-electron chi connectivity index (χ3n) is 6.15. The molecule has 1 aromatic carbocycles. The molecule has 0 spiro atoms. The zero-order chi connectivity index (χ0) is 29.7. The minimum Gasteiger partial charge on any atom is -0.508 e. The van der Waals surface area contributed by atoms with Gasteiger partial charge in [-0.05, 0) is 49.8 Å². The molecule has 0 fully saturated rings. The molecule has 0 aliphatic rings. The smallest absolute Gasteiger partial charge is 0.326 e. The van der Waals surface area contributed by atoms with Crippen molar-refractivity contribution in [1.82, 2.24) is 16.0 Å². The van der Waals surface area contributed by atoms with Gasteiger partial charge in [-0.15, -0.1) is 0 Å². The molecule has 0 aliphatic heterocycles. The SMILES string of the molecule is CCC(C)C(NC(=O)C(CCCN=C(N)N)NC(=O)C(NC(=O)C(N)Cc1ccc(O)cc1)C(C)O)C(=O)O. The second-order valence-electron chi connectivity index (χ2n) is 9.42. The number of aliphatic hydroxyl groups excluding tert-OH is 1. The molecule has 0 aromatic heterocycles. The maximum absolute atomic E-state index is 13.1. The van der Waals surface area contributed by atoms with Crippen LogP contribution in [0.5, 0.6) is 5.75 Å². The summed E-state index contributed by atoms with van der Waals surface area (Å²) in [6, 6.07) is 1.15. The lowest BCUT2D eigenvalue weighted by atomic mass is 9.98. The largest absolute Gasteiger partial charge is 0.508 e.